The number of hydrogen-bond donors (Lipinski definition) is 0. The maximum absolute atomic E-state index is 4.85. The van der Waals surface area contributed by atoms with E-state index in [-0.39, 0.29) is 0 Å². The SMILES string of the molecule is CCCCC(CC)Cn1c2ccc(-n3cc(/C=N/N(C)c4ccccc4)c4ccccc43)cc2c2cc(-n3cc(/C=N/N(C)c4ccccc4)c4ccccc43)ccc21. The van der Waals surface area contributed by atoms with E-state index in [0.29, 0.717) is 5.92 Å². The minimum absolute atomic E-state index is 0.613. The van der Waals surface area contributed by atoms with Crippen molar-refractivity contribution in [3.63, 3.8) is 0 Å². The molecule has 0 N–H and O–H groups in total. The van der Waals surface area contributed by atoms with E-state index in [1.165, 1.54) is 41.1 Å². The molecule has 9 rings (SSSR count). The van der Waals surface area contributed by atoms with E-state index >= 15 is 0 Å². The average molecular weight is 774 g/mol. The standard InChI is InChI=1S/C52H51N7/c1-5-7-18-38(6-2)35-59-51-29-27-43(57-36-39(45-23-14-16-25-49(45)57)33-53-55(3)41-19-10-8-11-20-41)31-47(51)48-32-44(28-30-52(48)59)58-37-40(46-24-15-17-26-50(46)58)34-54-56(4)42-21-12-9-13-22-42/h8-17,19-34,36-38H,5-7,18,35H2,1-4H3/b53-33+,54-34+. The fraction of sp³-hybridized carbons (Fsp3) is 0.192. The van der Waals surface area contributed by atoms with E-state index in [1.807, 2.05) is 72.9 Å². The van der Waals surface area contributed by atoms with Gasteiger partial charge in [-0.2, -0.15) is 10.2 Å². The number of unbranched alkanes of at least 4 members (excludes halogenated alkanes) is 1. The Balaban J connectivity index is 1.16. The van der Waals surface area contributed by atoms with Crippen molar-refractivity contribution in [3.05, 3.63) is 169 Å². The van der Waals surface area contributed by atoms with Gasteiger partial charge in [0, 0.05) is 88.1 Å². The van der Waals surface area contributed by atoms with Gasteiger partial charge in [0.15, 0.2) is 0 Å². The zero-order valence-electron chi connectivity index (χ0n) is 34.4. The van der Waals surface area contributed by atoms with Gasteiger partial charge in [-0.05, 0) is 85.1 Å². The Morgan fingerprint density at radius 1 is 0.525 bits per heavy atom. The largest absolute Gasteiger partial charge is 0.340 e. The van der Waals surface area contributed by atoms with Crippen LogP contribution in [-0.4, -0.2) is 40.2 Å². The summed E-state index contributed by atoms with van der Waals surface area (Å²) in [6.07, 6.45) is 13.3. The Kier molecular flexibility index (Phi) is 10.6. The van der Waals surface area contributed by atoms with Gasteiger partial charge in [0.05, 0.1) is 34.8 Å². The number of hydrazone groups is 2. The molecule has 3 aromatic heterocycles. The lowest BCUT2D eigenvalue weighted by Crippen LogP contribution is -2.10. The number of aromatic nitrogens is 3. The van der Waals surface area contributed by atoms with Gasteiger partial charge in [-0.15, -0.1) is 0 Å². The van der Waals surface area contributed by atoms with Crippen LogP contribution in [-0.2, 0) is 6.54 Å². The van der Waals surface area contributed by atoms with Crippen LogP contribution in [0.25, 0.3) is 55.0 Å². The Bertz CT molecular complexity index is 2740. The molecule has 9 aromatic rings. The number of nitrogens with zero attached hydrogens (tertiary/aromatic N) is 7. The molecule has 0 aliphatic rings. The highest BCUT2D eigenvalue weighted by molar-refractivity contribution is 6.10. The number of benzene rings is 6. The van der Waals surface area contributed by atoms with Crippen LogP contribution in [0.5, 0.6) is 0 Å². The van der Waals surface area contributed by atoms with E-state index < -0.39 is 0 Å². The number of para-hydroxylation sites is 4. The van der Waals surface area contributed by atoms with Crippen LogP contribution in [0.3, 0.4) is 0 Å². The van der Waals surface area contributed by atoms with Crippen LogP contribution < -0.4 is 10.0 Å². The molecule has 7 heteroatoms. The van der Waals surface area contributed by atoms with E-state index in [4.69, 9.17) is 10.2 Å². The summed E-state index contributed by atoms with van der Waals surface area (Å²) in [4.78, 5) is 0. The molecule has 7 nitrogen and oxygen atoms in total. The molecule has 1 atom stereocenters. The van der Waals surface area contributed by atoms with Crippen molar-refractivity contribution < 1.29 is 0 Å². The van der Waals surface area contributed by atoms with Gasteiger partial charge in [-0.1, -0.05) is 106 Å². The molecule has 0 amide bonds. The van der Waals surface area contributed by atoms with Gasteiger partial charge in [0.25, 0.3) is 0 Å². The quantitative estimate of drug-likeness (QED) is 0.0816. The van der Waals surface area contributed by atoms with Gasteiger partial charge in [0.2, 0.25) is 0 Å². The maximum Gasteiger partial charge on any atom is 0.0590 e. The van der Waals surface area contributed by atoms with Crippen molar-refractivity contribution in [2.75, 3.05) is 24.1 Å². The number of fused-ring (bicyclic) bond motifs is 5. The molecule has 1 unspecified atom stereocenters. The molecule has 6 aromatic carbocycles. The lowest BCUT2D eigenvalue weighted by atomic mass is 9.99. The zero-order chi connectivity index (χ0) is 40.3. The molecular formula is C52H51N7. The highest BCUT2D eigenvalue weighted by atomic mass is 15.4. The molecule has 0 spiro atoms. The van der Waals surface area contributed by atoms with Crippen LogP contribution in [0.4, 0.5) is 11.4 Å². The molecule has 0 aliphatic heterocycles. The Labute approximate surface area is 346 Å². The van der Waals surface area contributed by atoms with Crippen molar-refractivity contribution in [2.45, 2.75) is 46.1 Å². The first kappa shape index (κ1) is 37.7. The fourth-order valence-corrected chi connectivity index (χ4v) is 8.52. The highest BCUT2D eigenvalue weighted by Gasteiger charge is 2.18. The Morgan fingerprint density at radius 2 is 0.983 bits per heavy atom. The third kappa shape index (κ3) is 7.40. The minimum Gasteiger partial charge on any atom is -0.340 e. The molecule has 0 fully saturated rings. The summed E-state index contributed by atoms with van der Waals surface area (Å²) < 4.78 is 7.22. The third-order valence-electron chi connectivity index (χ3n) is 11.9. The Hall–Kier alpha value is -6.86. The first-order valence-electron chi connectivity index (χ1n) is 20.9. The minimum atomic E-state index is 0.613. The Morgan fingerprint density at radius 3 is 1.44 bits per heavy atom. The number of hydrogen-bond acceptors (Lipinski definition) is 4. The van der Waals surface area contributed by atoms with Gasteiger partial charge in [-0.25, -0.2) is 0 Å². The summed E-state index contributed by atoms with van der Waals surface area (Å²) in [5, 5.41) is 18.4. The first-order valence-corrected chi connectivity index (χ1v) is 20.9. The van der Waals surface area contributed by atoms with E-state index in [1.54, 1.807) is 0 Å². The number of anilines is 2. The predicted molar refractivity (Wildman–Crippen MR) is 251 cm³/mol. The van der Waals surface area contributed by atoms with E-state index in [0.717, 1.165) is 68.6 Å². The maximum atomic E-state index is 4.85. The fourth-order valence-electron chi connectivity index (χ4n) is 8.52. The van der Waals surface area contributed by atoms with Crippen molar-refractivity contribution >= 4 is 67.4 Å². The van der Waals surface area contributed by atoms with Gasteiger partial charge in [0.1, 0.15) is 0 Å². The van der Waals surface area contributed by atoms with Crippen LogP contribution >= 0.6 is 0 Å². The van der Waals surface area contributed by atoms with Crippen LogP contribution in [0.15, 0.2) is 168 Å². The number of rotatable bonds is 14. The zero-order valence-corrected chi connectivity index (χ0v) is 34.4. The molecular weight excluding hydrogens is 723 g/mol. The summed E-state index contributed by atoms with van der Waals surface area (Å²) >= 11 is 0. The highest BCUT2D eigenvalue weighted by Crippen LogP contribution is 2.36. The first-order chi connectivity index (χ1) is 29.0. The van der Waals surface area contributed by atoms with Crippen LogP contribution in [0.2, 0.25) is 0 Å². The van der Waals surface area contributed by atoms with Crippen molar-refractivity contribution in [3.8, 4) is 11.4 Å². The molecule has 0 saturated carbocycles. The molecule has 0 aliphatic carbocycles. The van der Waals surface area contributed by atoms with Crippen molar-refractivity contribution in [1.29, 1.82) is 0 Å². The van der Waals surface area contributed by atoms with Crippen molar-refractivity contribution in [2.24, 2.45) is 16.1 Å². The topological polar surface area (TPSA) is 46.0 Å². The molecule has 0 saturated heterocycles. The second-order valence-corrected chi connectivity index (χ2v) is 15.6. The third-order valence-corrected chi connectivity index (χ3v) is 11.9. The second kappa shape index (κ2) is 16.5. The van der Waals surface area contributed by atoms with Crippen LogP contribution in [0, 0.1) is 5.92 Å². The summed E-state index contributed by atoms with van der Waals surface area (Å²) in [5.41, 5.74) is 11.3. The summed E-state index contributed by atoms with van der Waals surface area (Å²) in [5.74, 6) is 0.613. The van der Waals surface area contributed by atoms with E-state index in [2.05, 4.69) is 149 Å². The molecule has 294 valence electrons. The molecule has 3 heterocycles. The second-order valence-electron chi connectivity index (χ2n) is 15.6. The van der Waals surface area contributed by atoms with Gasteiger partial charge in [-0.3, -0.25) is 10.0 Å². The average Bonchev–Trinajstić information content (AvgIpc) is 3.96. The normalized spacial score (nSPS) is 12.5. The molecule has 0 bridgehead atoms. The monoisotopic (exact) mass is 773 g/mol. The van der Waals surface area contributed by atoms with Crippen molar-refractivity contribution in [1.82, 2.24) is 13.7 Å². The van der Waals surface area contributed by atoms with E-state index in [9.17, 15) is 0 Å². The summed E-state index contributed by atoms with van der Waals surface area (Å²) in [6, 6.07) is 51.8. The summed E-state index contributed by atoms with van der Waals surface area (Å²) in [7, 11) is 3.98. The van der Waals surface area contributed by atoms with Gasteiger partial charge >= 0.3 is 0 Å². The lowest BCUT2D eigenvalue weighted by Gasteiger charge is -2.17. The van der Waals surface area contributed by atoms with Crippen LogP contribution in [0.1, 0.15) is 50.7 Å². The van der Waals surface area contributed by atoms with Gasteiger partial charge < -0.3 is 13.7 Å². The smallest absolute Gasteiger partial charge is 0.0590 e. The predicted octanol–water partition coefficient (Wildman–Crippen LogP) is 12.8. The summed E-state index contributed by atoms with van der Waals surface area (Å²) in [6.45, 7) is 5.64. The molecule has 59 heavy (non-hydrogen) atoms. The lowest BCUT2D eigenvalue weighted by molar-refractivity contribution is 0.401. The molecule has 0 radical (unpaired) electrons.